The molecule has 7 nitrogen and oxygen atoms in total. The summed E-state index contributed by atoms with van der Waals surface area (Å²) in [4.78, 5) is 41.7. The largest absolute Gasteiger partial charge is 0.332 e. The Bertz CT molecular complexity index is 1160. The second kappa shape index (κ2) is 8.48. The average molecular weight is 465 g/mol. The molecule has 0 unspecified atom stereocenters. The Balaban J connectivity index is 2.16. The summed E-state index contributed by atoms with van der Waals surface area (Å²) in [5.74, 6) is 0.416. The van der Waals surface area contributed by atoms with E-state index in [9.17, 15) is 14.4 Å². The van der Waals surface area contributed by atoms with Gasteiger partial charge in [0.2, 0.25) is 0 Å². The zero-order chi connectivity index (χ0) is 20.4. The molecule has 0 amide bonds. The van der Waals surface area contributed by atoms with Gasteiger partial charge in [0.25, 0.3) is 5.56 Å². The van der Waals surface area contributed by atoms with Gasteiger partial charge in [-0.1, -0.05) is 46.7 Å². The highest BCUT2D eigenvalue weighted by molar-refractivity contribution is 9.10. The van der Waals surface area contributed by atoms with Crippen molar-refractivity contribution in [3.05, 3.63) is 55.1 Å². The number of hydrogen-bond donors (Lipinski definition) is 0. The molecule has 2 heterocycles. The van der Waals surface area contributed by atoms with Crippen LogP contribution in [0.2, 0.25) is 0 Å². The smallest absolute Gasteiger partial charge is 0.309 e. The van der Waals surface area contributed by atoms with Crippen LogP contribution in [0.3, 0.4) is 0 Å². The van der Waals surface area contributed by atoms with Crippen molar-refractivity contribution in [3.8, 4) is 0 Å². The normalized spacial score (nSPS) is 11.3. The van der Waals surface area contributed by atoms with Crippen LogP contribution in [-0.2, 0) is 25.4 Å². The molecule has 0 saturated heterocycles. The first-order valence-electron chi connectivity index (χ1n) is 8.88. The van der Waals surface area contributed by atoms with E-state index < -0.39 is 11.2 Å². The third-order valence-corrected chi connectivity index (χ3v) is 5.96. The maximum Gasteiger partial charge on any atom is 0.332 e. The second-order valence-corrected chi connectivity index (χ2v) is 8.42. The van der Waals surface area contributed by atoms with Gasteiger partial charge in [-0.2, -0.15) is 0 Å². The van der Waals surface area contributed by atoms with Crippen LogP contribution in [0, 0.1) is 0 Å². The number of thioether (sulfide) groups is 1. The number of aromatic nitrogens is 4. The minimum atomic E-state index is -0.428. The SMILES string of the molecule is CCCC(=O)CSc1nc2c(c(=O)n(C)c(=O)n2C)n1Cc1cccc(Br)c1. The van der Waals surface area contributed by atoms with Gasteiger partial charge >= 0.3 is 5.69 Å². The Labute approximate surface area is 174 Å². The summed E-state index contributed by atoms with van der Waals surface area (Å²) < 4.78 is 5.18. The van der Waals surface area contributed by atoms with Gasteiger partial charge in [-0.3, -0.25) is 18.7 Å². The monoisotopic (exact) mass is 464 g/mol. The Morgan fingerprint density at radius 2 is 1.96 bits per heavy atom. The number of rotatable bonds is 7. The number of nitrogens with zero attached hydrogens (tertiary/aromatic N) is 4. The summed E-state index contributed by atoms with van der Waals surface area (Å²) in [5, 5.41) is 0.553. The van der Waals surface area contributed by atoms with Crippen molar-refractivity contribution >= 4 is 44.6 Å². The number of ketones is 1. The third-order valence-electron chi connectivity index (χ3n) is 4.43. The van der Waals surface area contributed by atoms with Gasteiger partial charge in [-0.25, -0.2) is 9.78 Å². The Kier molecular flexibility index (Phi) is 6.24. The van der Waals surface area contributed by atoms with Crippen molar-refractivity contribution in [3.63, 3.8) is 0 Å². The third kappa shape index (κ3) is 4.00. The lowest BCUT2D eigenvalue weighted by Crippen LogP contribution is -2.37. The number of halogens is 1. The first-order valence-corrected chi connectivity index (χ1v) is 10.7. The zero-order valence-corrected chi connectivity index (χ0v) is 18.3. The van der Waals surface area contributed by atoms with E-state index in [1.54, 1.807) is 11.6 Å². The zero-order valence-electron chi connectivity index (χ0n) is 15.9. The highest BCUT2D eigenvalue weighted by atomic mass is 79.9. The van der Waals surface area contributed by atoms with Crippen LogP contribution in [0.25, 0.3) is 11.2 Å². The molecule has 0 fully saturated rings. The highest BCUT2D eigenvalue weighted by Crippen LogP contribution is 2.24. The Hall–Kier alpha value is -2.13. The number of aryl methyl sites for hydroxylation is 1. The summed E-state index contributed by atoms with van der Waals surface area (Å²) in [6.45, 7) is 2.37. The van der Waals surface area contributed by atoms with E-state index in [0.717, 1.165) is 21.0 Å². The van der Waals surface area contributed by atoms with Crippen LogP contribution < -0.4 is 11.2 Å². The summed E-state index contributed by atoms with van der Waals surface area (Å²) in [7, 11) is 3.05. The molecule has 0 spiro atoms. The van der Waals surface area contributed by atoms with Crippen LogP contribution in [-0.4, -0.2) is 30.2 Å². The maximum atomic E-state index is 12.8. The number of carbonyl (C=O) groups excluding carboxylic acids is 1. The molecule has 3 rings (SSSR count). The van der Waals surface area contributed by atoms with Crippen LogP contribution >= 0.6 is 27.7 Å². The van der Waals surface area contributed by atoms with Crippen molar-refractivity contribution in [2.75, 3.05) is 5.75 Å². The van der Waals surface area contributed by atoms with Gasteiger partial charge in [0, 0.05) is 25.0 Å². The molecule has 0 N–H and O–H groups in total. The number of hydrogen-bond acceptors (Lipinski definition) is 5. The van der Waals surface area contributed by atoms with Crippen molar-refractivity contribution < 1.29 is 4.79 Å². The molecule has 28 heavy (non-hydrogen) atoms. The van der Waals surface area contributed by atoms with E-state index in [-0.39, 0.29) is 11.5 Å². The molecule has 0 radical (unpaired) electrons. The lowest BCUT2D eigenvalue weighted by molar-refractivity contribution is -0.116. The Morgan fingerprint density at radius 3 is 2.64 bits per heavy atom. The Morgan fingerprint density at radius 1 is 1.21 bits per heavy atom. The fraction of sp³-hybridized carbons (Fsp3) is 0.368. The van der Waals surface area contributed by atoms with E-state index in [2.05, 4.69) is 20.9 Å². The van der Waals surface area contributed by atoms with Crippen LogP contribution in [0.5, 0.6) is 0 Å². The van der Waals surface area contributed by atoms with E-state index in [4.69, 9.17) is 0 Å². The summed E-state index contributed by atoms with van der Waals surface area (Å²) in [6, 6.07) is 7.77. The molecule has 0 aliphatic heterocycles. The molecular formula is C19H21BrN4O3S. The first-order chi connectivity index (χ1) is 13.3. The summed E-state index contributed by atoms with van der Waals surface area (Å²) in [6.07, 6.45) is 1.31. The molecule has 0 aliphatic carbocycles. The molecule has 3 aromatic rings. The summed E-state index contributed by atoms with van der Waals surface area (Å²) in [5.41, 5.74) is 0.838. The van der Waals surface area contributed by atoms with Gasteiger partial charge < -0.3 is 4.57 Å². The molecule has 2 aromatic heterocycles. The standard InChI is InChI=1S/C19H21BrN4O3S/c1-4-6-14(25)11-28-18-21-16-15(17(26)23(3)19(27)22(16)2)24(18)10-12-7-5-8-13(20)9-12/h5,7-9H,4,6,10-11H2,1-3H3. The number of fused-ring (bicyclic) bond motifs is 1. The predicted molar refractivity (Wildman–Crippen MR) is 114 cm³/mol. The predicted octanol–water partition coefficient (Wildman–Crippen LogP) is 2.71. The van der Waals surface area contributed by atoms with Crippen molar-refractivity contribution in [1.29, 1.82) is 0 Å². The van der Waals surface area contributed by atoms with Crippen molar-refractivity contribution in [2.24, 2.45) is 14.1 Å². The maximum absolute atomic E-state index is 12.8. The minimum Gasteiger partial charge on any atom is -0.309 e. The van der Waals surface area contributed by atoms with Gasteiger partial charge in [-0.15, -0.1) is 0 Å². The summed E-state index contributed by atoms with van der Waals surface area (Å²) >= 11 is 4.76. The molecule has 1 aromatic carbocycles. The van der Waals surface area contributed by atoms with Gasteiger partial charge in [-0.05, 0) is 24.1 Å². The van der Waals surface area contributed by atoms with Crippen LogP contribution in [0.15, 0.2) is 43.5 Å². The van der Waals surface area contributed by atoms with Crippen molar-refractivity contribution in [2.45, 2.75) is 31.5 Å². The fourth-order valence-electron chi connectivity index (χ4n) is 3.00. The van der Waals surface area contributed by atoms with Gasteiger partial charge in [0.15, 0.2) is 16.3 Å². The van der Waals surface area contributed by atoms with E-state index in [1.807, 2.05) is 31.2 Å². The van der Waals surface area contributed by atoms with Crippen LogP contribution in [0.4, 0.5) is 0 Å². The molecule has 9 heteroatoms. The topological polar surface area (TPSA) is 78.9 Å². The quantitative estimate of drug-likeness (QED) is 0.502. The second-order valence-electron chi connectivity index (χ2n) is 6.57. The van der Waals surface area contributed by atoms with Gasteiger partial charge in [0.05, 0.1) is 12.3 Å². The lowest BCUT2D eigenvalue weighted by atomic mass is 10.2. The number of benzene rings is 1. The molecule has 148 valence electrons. The van der Waals surface area contributed by atoms with Crippen molar-refractivity contribution in [1.82, 2.24) is 18.7 Å². The van der Waals surface area contributed by atoms with Gasteiger partial charge in [0.1, 0.15) is 5.78 Å². The molecule has 0 bridgehead atoms. The minimum absolute atomic E-state index is 0.135. The number of carbonyl (C=O) groups is 1. The fourth-order valence-corrected chi connectivity index (χ4v) is 4.34. The molecule has 0 atom stereocenters. The van der Waals surface area contributed by atoms with E-state index in [1.165, 1.54) is 23.4 Å². The average Bonchev–Trinajstić information content (AvgIpc) is 3.02. The van der Waals surface area contributed by atoms with E-state index in [0.29, 0.717) is 29.3 Å². The number of imidazole rings is 1. The molecule has 0 saturated carbocycles. The first kappa shape index (κ1) is 20.6. The molecular weight excluding hydrogens is 444 g/mol. The van der Waals surface area contributed by atoms with E-state index >= 15 is 0 Å². The van der Waals surface area contributed by atoms with Crippen LogP contribution in [0.1, 0.15) is 25.3 Å². The lowest BCUT2D eigenvalue weighted by Gasteiger charge is -2.10. The molecule has 0 aliphatic rings. The highest BCUT2D eigenvalue weighted by Gasteiger charge is 2.20. The number of Topliss-reactive ketones (excluding diaryl/α,β-unsaturated/α-hetero) is 1.